The Balaban J connectivity index is 1.48. The molecule has 3 heterocycles. The molecule has 0 aliphatic carbocycles. The lowest BCUT2D eigenvalue weighted by molar-refractivity contribution is -0.117. The number of rotatable bonds is 6. The van der Waals surface area contributed by atoms with Gasteiger partial charge in [0, 0.05) is 31.4 Å². The Bertz CT molecular complexity index is 1190. The summed E-state index contributed by atoms with van der Waals surface area (Å²) in [5.74, 6) is -1.20. The van der Waals surface area contributed by atoms with Crippen molar-refractivity contribution in [1.29, 1.82) is 0 Å². The second-order valence-electron chi connectivity index (χ2n) is 7.50. The van der Waals surface area contributed by atoms with Crippen LogP contribution in [0.1, 0.15) is 16.8 Å². The third-order valence-corrected chi connectivity index (χ3v) is 5.01. The standard InChI is InChI=1S/C21H21F2N7O2/c1-11-17-19(29(3)18(12(2)31)20(32)27-17)28-21(26-11)24-7-14-8-25-30(10-14)9-13-4-15(22)6-16(23)5-13/h4-6,8,10,18,31H,2,7,9H2,1,3H3,(H,27,32)(H,24,26,28)/t18-/m0/s1. The van der Waals surface area contributed by atoms with Gasteiger partial charge in [0.2, 0.25) is 5.95 Å². The summed E-state index contributed by atoms with van der Waals surface area (Å²) in [7, 11) is 1.64. The van der Waals surface area contributed by atoms with E-state index in [1.54, 1.807) is 31.0 Å². The van der Waals surface area contributed by atoms with Crippen LogP contribution in [-0.4, -0.2) is 43.9 Å². The van der Waals surface area contributed by atoms with Crippen LogP contribution < -0.4 is 15.5 Å². The minimum Gasteiger partial charge on any atom is -0.510 e. The first-order valence-electron chi connectivity index (χ1n) is 9.71. The Morgan fingerprint density at radius 1 is 1.25 bits per heavy atom. The molecule has 0 saturated carbocycles. The van der Waals surface area contributed by atoms with Crippen LogP contribution in [0.4, 0.5) is 26.2 Å². The number of fused-ring (bicyclic) bond motifs is 1. The topological polar surface area (TPSA) is 108 Å². The van der Waals surface area contributed by atoms with E-state index in [0.29, 0.717) is 35.3 Å². The number of carbonyl (C=O) groups is 1. The molecule has 1 aromatic carbocycles. The summed E-state index contributed by atoms with van der Waals surface area (Å²) in [4.78, 5) is 22.6. The van der Waals surface area contributed by atoms with Gasteiger partial charge in [0.05, 0.1) is 18.4 Å². The highest BCUT2D eigenvalue weighted by Crippen LogP contribution is 2.33. The maximum Gasteiger partial charge on any atom is 0.255 e. The largest absolute Gasteiger partial charge is 0.510 e. The van der Waals surface area contributed by atoms with Gasteiger partial charge >= 0.3 is 0 Å². The van der Waals surface area contributed by atoms with Crippen molar-refractivity contribution < 1.29 is 18.7 Å². The minimum atomic E-state index is -0.949. The molecule has 3 aromatic rings. The van der Waals surface area contributed by atoms with E-state index in [4.69, 9.17) is 0 Å². The monoisotopic (exact) mass is 441 g/mol. The van der Waals surface area contributed by atoms with Gasteiger partial charge in [0.25, 0.3) is 5.91 Å². The predicted molar refractivity (Wildman–Crippen MR) is 114 cm³/mol. The van der Waals surface area contributed by atoms with Gasteiger partial charge in [-0.05, 0) is 24.6 Å². The third kappa shape index (κ3) is 4.22. The van der Waals surface area contributed by atoms with Crippen molar-refractivity contribution >= 4 is 23.4 Å². The summed E-state index contributed by atoms with van der Waals surface area (Å²) in [6.45, 7) is 5.77. The molecule has 11 heteroatoms. The van der Waals surface area contributed by atoms with Crippen molar-refractivity contribution in [2.45, 2.75) is 26.1 Å². The van der Waals surface area contributed by atoms with Crippen molar-refractivity contribution in [3.05, 3.63) is 71.4 Å². The van der Waals surface area contributed by atoms with E-state index in [1.165, 1.54) is 17.0 Å². The van der Waals surface area contributed by atoms with E-state index < -0.39 is 23.6 Å². The number of aliphatic hydroxyl groups excluding tert-OH is 1. The minimum absolute atomic E-state index is 0.222. The molecule has 9 nitrogen and oxygen atoms in total. The molecule has 166 valence electrons. The molecule has 0 unspecified atom stereocenters. The van der Waals surface area contributed by atoms with Crippen LogP contribution in [0.5, 0.6) is 0 Å². The molecule has 1 amide bonds. The first-order chi connectivity index (χ1) is 15.2. The van der Waals surface area contributed by atoms with Gasteiger partial charge < -0.3 is 20.6 Å². The fraction of sp³-hybridized carbons (Fsp3) is 0.238. The quantitative estimate of drug-likeness (QED) is 0.505. The molecule has 32 heavy (non-hydrogen) atoms. The van der Waals surface area contributed by atoms with E-state index in [1.807, 2.05) is 0 Å². The summed E-state index contributed by atoms with van der Waals surface area (Å²) >= 11 is 0. The maximum atomic E-state index is 13.4. The Kier molecular flexibility index (Phi) is 5.47. The predicted octanol–water partition coefficient (Wildman–Crippen LogP) is 2.75. The molecule has 2 aromatic heterocycles. The smallest absolute Gasteiger partial charge is 0.255 e. The van der Waals surface area contributed by atoms with Crippen LogP contribution in [-0.2, 0) is 17.9 Å². The average Bonchev–Trinajstić information content (AvgIpc) is 3.13. The Morgan fingerprint density at radius 3 is 2.66 bits per heavy atom. The Hall–Kier alpha value is -4.02. The van der Waals surface area contributed by atoms with E-state index in [2.05, 4.69) is 32.3 Å². The van der Waals surface area contributed by atoms with Crippen molar-refractivity contribution in [3.63, 3.8) is 0 Å². The number of hydrogen-bond acceptors (Lipinski definition) is 7. The molecular weight excluding hydrogens is 420 g/mol. The van der Waals surface area contributed by atoms with E-state index in [0.717, 1.165) is 11.6 Å². The highest BCUT2D eigenvalue weighted by Gasteiger charge is 2.35. The van der Waals surface area contributed by atoms with Crippen LogP contribution in [0.25, 0.3) is 0 Å². The van der Waals surface area contributed by atoms with E-state index >= 15 is 0 Å². The first kappa shape index (κ1) is 21.2. The molecule has 0 bridgehead atoms. The Morgan fingerprint density at radius 2 is 1.97 bits per heavy atom. The number of aryl methyl sites for hydroxylation is 1. The van der Waals surface area contributed by atoms with Gasteiger partial charge in [-0.15, -0.1) is 0 Å². The molecular formula is C21H21F2N7O2. The highest BCUT2D eigenvalue weighted by molar-refractivity contribution is 6.04. The third-order valence-electron chi connectivity index (χ3n) is 5.01. The van der Waals surface area contributed by atoms with Gasteiger partial charge in [-0.2, -0.15) is 10.1 Å². The lowest BCUT2D eigenvalue weighted by Crippen LogP contribution is -2.47. The van der Waals surface area contributed by atoms with Crippen LogP contribution in [0.15, 0.2) is 42.9 Å². The average molecular weight is 441 g/mol. The van der Waals surface area contributed by atoms with Crippen molar-refractivity contribution in [1.82, 2.24) is 19.7 Å². The molecule has 0 fully saturated rings. The number of amides is 1. The van der Waals surface area contributed by atoms with E-state index in [-0.39, 0.29) is 12.3 Å². The van der Waals surface area contributed by atoms with Gasteiger partial charge in [-0.3, -0.25) is 9.48 Å². The zero-order chi connectivity index (χ0) is 23.0. The van der Waals surface area contributed by atoms with Crippen LogP contribution in [0.3, 0.4) is 0 Å². The summed E-state index contributed by atoms with van der Waals surface area (Å²) in [5, 5.41) is 19.8. The molecule has 1 aliphatic heterocycles. The Labute approximate surface area is 182 Å². The lowest BCUT2D eigenvalue weighted by atomic mass is 10.1. The van der Waals surface area contributed by atoms with Gasteiger partial charge in [0.15, 0.2) is 11.9 Å². The molecule has 1 aliphatic rings. The summed E-state index contributed by atoms with van der Waals surface area (Å²) in [6, 6.07) is 2.39. The van der Waals surface area contributed by atoms with Gasteiger partial charge in [-0.25, -0.2) is 13.8 Å². The number of nitrogens with zero attached hydrogens (tertiary/aromatic N) is 5. The SMILES string of the molecule is C=C(O)[C@H]1C(=O)Nc2c(C)nc(NCc3cnn(Cc4cc(F)cc(F)c4)c3)nc2N1C. The maximum absolute atomic E-state index is 13.4. The number of hydrogen-bond donors (Lipinski definition) is 3. The van der Waals surface area contributed by atoms with Crippen molar-refractivity contribution in [2.75, 3.05) is 22.6 Å². The molecule has 1 atom stereocenters. The number of likely N-dealkylation sites (N-methyl/N-ethyl adjacent to an activating group) is 1. The summed E-state index contributed by atoms with van der Waals surface area (Å²) in [5.41, 5.74) is 2.30. The van der Waals surface area contributed by atoms with Gasteiger partial charge in [-0.1, -0.05) is 6.58 Å². The molecule has 0 saturated heterocycles. The second kappa shape index (κ2) is 8.25. The number of benzene rings is 1. The molecule has 0 radical (unpaired) electrons. The second-order valence-corrected chi connectivity index (χ2v) is 7.50. The normalized spacial score (nSPS) is 15.3. The lowest BCUT2D eigenvalue weighted by Gasteiger charge is -2.34. The number of aromatic nitrogens is 4. The number of aliphatic hydroxyl groups is 1. The zero-order valence-electron chi connectivity index (χ0n) is 17.4. The van der Waals surface area contributed by atoms with Crippen LogP contribution in [0, 0.1) is 18.6 Å². The highest BCUT2D eigenvalue weighted by atomic mass is 19.1. The molecule has 4 rings (SSSR count). The molecule has 0 spiro atoms. The van der Waals surface area contributed by atoms with Crippen molar-refractivity contribution in [2.24, 2.45) is 0 Å². The number of nitrogens with one attached hydrogen (secondary N) is 2. The fourth-order valence-corrected chi connectivity index (χ4v) is 3.56. The summed E-state index contributed by atoms with van der Waals surface area (Å²) in [6.07, 6.45) is 3.38. The summed E-state index contributed by atoms with van der Waals surface area (Å²) < 4.78 is 28.3. The number of anilines is 3. The molecule has 3 N–H and O–H groups in total. The van der Waals surface area contributed by atoms with Gasteiger partial charge in [0.1, 0.15) is 23.1 Å². The number of halogens is 2. The zero-order valence-corrected chi connectivity index (χ0v) is 17.4. The van der Waals surface area contributed by atoms with Crippen molar-refractivity contribution in [3.8, 4) is 0 Å². The van der Waals surface area contributed by atoms with E-state index in [9.17, 15) is 18.7 Å². The fourth-order valence-electron chi connectivity index (χ4n) is 3.56. The van der Waals surface area contributed by atoms with Crippen LogP contribution in [0.2, 0.25) is 0 Å². The number of carbonyl (C=O) groups excluding carboxylic acids is 1. The first-order valence-corrected chi connectivity index (χ1v) is 9.71. The van der Waals surface area contributed by atoms with Crippen LogP contribution >= 0.6 is 0 Å².